The molecular formula is C21H24ClN3O5. The zero-order valence-corrected chi connectivity index (χ0v) is 18.0. The van der Waals surface area contributed by atoms with E-state index in [1.165, 1.54) is 4.90 Å². The second-order valence-electron chi connectivity index (χ2n) is 9.28. The molecule has 8 nitrogen and oxygen atoms in total. The van der Waals surface area contributed by atoms with Gasteiger partial charge in [-0.25, -0.2) is 0 Å². The van der Waals surface area contributed by atoms with Crippen molar-refractivity contribution in [2.24, 2.45) is 11.8 Å². The van der Waals surface area contributed by atoms with Crippen LogP contribution in [0.5, 0.6) is 0 Å². The maximum Gasteiger partial charge on any atom is 0.303 e. The number of nitrogens with zero attached hydrogens (tertiary/aromatic N) is 1. The summed E-state index contributed by atoms with van der Waals surface area (Å²) in [5.41, 5.74) is -0.379. The molecule has 4 unspecified atom stereocenters. The van der Waals surface area contributed by atoms with Crippen molar-refractivity contribution in [1.82, 2.24) is 10.2 Å². The molecule has 3 aliphatic heterocycles. The summed E-state index contributed by atoms with van der Waals surface area (Å²) in [4.78, 5) is 52.7. The van der Waals surface area contributed by atoms with Crippen molar-refractivity contribution < 1.29 is 24.3 Å². The second-order valence-corrected chi connectivity index (χ2v) is 9.71. The molecule has 3 heterocycles. The van der Waals surface area contributed by atoms with E-state index in [9.17, 15) is 19.2 Å². The standard InChI is InChI=1S/C21H24ClN3O5/c1-9-7-10(22)8-11-16(9)23-19(30)21(11)15-14(12(24-21)5-6-13(26)27)17(28)25(18(15)29)20(2,3)4/h7-8,12,14-15,24H,5-6H2,1-4H3,(H,23,30)(H,26,27). The molecule has 0 bridgehead atoms. The molecule has 4 atom stereocenters. The van der Waals surface area contributed by atoms with Crippen LogP contribution in [0.25, 0.3) is 0 Å². The first-order valence-electron chi connectivity index (χ1n) is 9.89. The Morgan fingerprint density at radius 1 is 1.23 bits per heavy atom. The van der Waals surface area contributed by atoms with E-state index in [4.69, 9.17) is 16.7 Å². The minimum Gasteiger partial charge on any atom is -0.481 e. The number of rotatable bonds is 3. The predicted octanol–water partition coefficient (Wildman–Crippen LogP) is 2.03. The first-order chi connectivity index (χ1) is 13.9. The number of aliphatic carboxylic acids is 1. The molecule has 0 aromatic heterocycles. The number of benzene rings is 1. The lowest BCUT2D eigenvalue weighted by atomic mass is 9.76. The van der Waals surface area contributed by atoms with Gasteiger partial charge >= 0.3 is 5.97 Å². The van der Waals surface area contributed by atoms with Gasteiger partial charge in [-0.15, -0.1) is 0 Å². The largest absolute Gasteiger partial charge is 0.481 e. The molecule has 0 saturated carbocycles. The predicted molar refractivity (Wildman–Crippen MR) is 109 cm³/mol. The molecule has 2 saturated heterocycles. The Hall–Kier alpha value is -2.45. The SMILES string of the molecule is Cc1cc(Cl)cc2c1NC(=O)C21NC(CCC(=O)O)C2C(=O)N(C(C)(C)C)C(=O)C21. The van der Waals surface area contributed by atoms with Gasteiger partial charge in [0.25, 0.3) is 0 Å². The first-order valence-corrected chi connectivity index (χ1v) is 10.3. The van der Waals surface area contributed by atoms with Crippen LogP contribution in [0.15, 0.2) is 12.1 Å². The van der Waals surface area contributed by atoms with Crippen LogP contribution in [-0.4, -0.2) is 45.3 Å². The van der Waals surface area contributed by atoms with Crippen LogP contribution < -0.4 is 10.6 Å². The van der Waals surface area contributed by atoms with Crippen molar-refractivity contribution in [3.05, 3.63) is 28.3 Å². The lowest BCUT2D eigenvalue weighted by Gasteiger charge is -2.34. The third kappa shape index (κ3) is 2.70. The van der Waals surface area contributed by atoms with Gasteiger partial charge in [0.15, 0.2) is 0 Å². The van der Waals surface area contributed by atoms with Crippen molar-refractivity contribution in [3.63, 3.8) is 0 Å². The van der Waals surface area contributed by atoms with Crippen LogP contribution in [0.2, 0.25) is 5.02 Å². The van der Waals surface area contributed by atoms with Crippen molar-refractivity contribution in [1.29, 1.82) is 0 Å². The fraction of sp³-hybridized carbons (Fsp3) is 0.524. The van der Waals surface area contributed by atoms with Crippen LogP contribution >= 0.6 is 11.6 Å². The third-order valence-electron chi connectivity index (χ3n) is 6.33. The number of carbonyl (C=O) groups excluding carboxylic acids is 3. The number of amides is 3. The molecule has 1 spiro atoms. The highest BCUT2D eigenvalue weighted by Crippen LogP contribution is 2.55. The van der Waals surface area contributed by atoms with Gasteiger partial charge in [0, 0.05) is 34.3 Å². The topological polar surface area (TPSA) is 116 Å². The van der Waals surface area contributed by atoms with Gasteiger partial charge in [0.1, 0.15) is 5.54 Å². The monoisotopic (exact) mass is 433 g/mol. The summed E-state index contributed by atoms with van der Waals surface area (Å²) in [6.07, 6.45) is -0.0611. The average Bonchev–Trinajstić information content (AvgIpc) is 3.18. The Balaban J connectivity index is 1.90. The van der Waals surface area contributed by atoms with Crippen molar-refractivity contribution >= 4 is 41.0 Å². The number of anilines is 1. The second kappa shape index (κ2) is 6.52. The fourth-order valence-corrected chi connectivity index (χ4v) is 5.50. The number of likely N-dealkylation sites (tertiary alicyclic amines) is 1. The summed E-state index contributed by atoms with van der Waals surface area (Å²) in [7, 11) is 0. The van der Waals surface area contributed by atoms with E-state index in [-0.39, 0.29) is 18.7 Å². The number of carbonyl (C=O) groups is 4. The van der Waals surface area contributed by atoms with Crippen molar-refractivity contribution in [2.75, 3.05) is 5.32 Å². The molecule has 30 heavy (non-hydrogen) atoms. The number of carboxylic acid groups (broad SMARTS) is 1. The number of carboxylic acids is 1. The maximum absolute atomic E-state index is 13.5. The number of aryl methyl sites for hydroxylation is 1. The summed E-state index contributed by atoms with van der Waals surface area (Å²) < 4.78 is 0. The number of nitrogens with one attached hydrogen (secondary N) is 2. The minimum absolute atomic E-state index is 0.122. The Labute approximate surface area is 178 Å². The quantitative estimate of drug-likeness (QED) is 0.628. The number of fused-ring (bicyclic) bond motifs is 4. The lowest BCUT2D eigenvalue weighted by Crippen LogP contribution is -2.55. The Bertz CT molecular complexity index is 1000. The fourth-order valence-electron chi connectivity index (χ4n) is 5.22. The van der Waals surface area contributed by atoms with Gasteiger partial charge in [-0.05, 0) is 51.8 Å². The Kier molecular flexibility index (Phi) is 4.52. The summed E-state index contributed by atoms with van der Waals surface area (Å²) >= 11 is 6.28. The van der Waals surface area contributed by atoms with Gasteiger partial charge in [0.05, 0.1) is 11.8 Å². The van der Waals surface area contributed by atoms with Gasteiger partial charge in [-0.2, -0.15) is 0 Å². The van der Waals surface area contributed by atoms with E-state index in [1.807, 2.05) is 0 Å². The van der Waals surface area contributed by atoms with Crippen LogP contribution in [0.3, 0.4) is 0 Å². The van der Waals surface area contributed by atoms with Gasteiger partial charge in [-0.3, -0.25) is 29.4 Å². The number of imide groups is 1. The van der Waals surface area contributed by atoms with Gasteiger partial charge < -0.3 is 10.4 Å². The van der Waals surface area contributed by atoms with E-state index in [0.29, 0.717) is 16.3 Å². The summed E-state index contributed by atoms with van der Waals surface area (Å²) in [5, 5.41) is 15.7. The molecule has 1 aromatic rings. The molecule has 1 aromatic carbocycles. The molecule has 3 aliphatic rings. The van der Waals surface area contributed by atoms with E-state index >= 15 is 0 Å². The molecule has 3 N–H and O–H groups in total. The Morgan fingerprint density at radius 2 is 1.90 bits per heavy atom. The molecular weight excluding hydrogens is 410 g/mol. The normalized spacial score (nSPS) is 30.1. The molecule has 160 valence electrons. The number of hydrogen-bond donors (Lipinski definition) is 3. The molecule has 9 heteroatoms. The van der Waals surface area contributed by atoms with Crippen molar-refractivity contribution in [3.8, 4) is 0 Å². The lowest BCUT2D eigenvalue weighted by molar-refractivity contribution is -0.148. The molecule has 2 fully saturated rings. The molecule has 0 aliphatic carbocycles. The zero-order chi connectivity index (χ0) is 22.2. The van der Waals surface area contributed by atoms with Crippen molar-refractivity contribution in [2.45, 2.75) is 57.7 Å². The van der Waals surface area contributed by atoms with Crippen LogP contribution in [0, 0.1) is 18.8 Å². The summed E-state index contributed by atoms with van der Waals surface area (Å²) in [6.45, 7) is 7.10. The highest BCUT2D eigenvalue weighted by molar-refractivity contribution is 6.31. The van der Waals surface area contributed by atoms with Gasteiger partial charge in [0.2, 0.25) is 17.7 Å². The zero-order valence-electron chi connectivity index (χ0n) is 17.2. The van der Waals surface area contributed by atoms with E-state index in [2.05, 4.69) is 10.6 Å². The number of hydrogen-bond acceptors (Lipinski definition) is 5. The smallest absolute Gasteiger partial charge is 0.303 e. The van der Waals surface area contributed by atoms with E-state index in [0.717, 1.165) is 5.56 Å². The number of halogens is 1. The third-order valence-corrected chi connectivity index (χ3v) is 6.54. The maximum atomic E-state index is 13.5. The van der Waals surface area contributed by atoms with Crippen LogP contribution in [-0.2, 0) is 24.7 Å². The molecule has 0 radical (unpaired) electrons. The van der Waals surface area contributed by atoms with Crippen LogP contribution in [0.1, 0.15) is 44.7 Å². The highest BCUT2D eigenvalue weighted by Gasteiger charge is 2.71. The first kappa shape index (κ1) is 20.8. The molecule has 3 amide bonds. The minimum atomic E-state index is -1.47. The Morgan fingerprint density at radius 3 is 2.50 bits per heavy atom. The van der Waals surface area contributed by atoms with E-state index in [1.54, 1.807) is 39.8 Å². The van der Waals surface area contributed by atoms with E-state index < -0.39 is 46.7 Å². The summed E-state index contributed by atoms with van der Waals surface area (Å²) in [5.74, 6) is -4.03. The van der Waals surface area contributed by atoms with Gasteiger partial charge in [-0.1, -0.05) is 11.6 Å². The molecule has 4 rings (SSSR count). The average molecular weight is 434 g/mol. The highest BCUT2D eigenvalue weighted by atomic mass is 35.5. The summed E-state index contributed by atoms with van der Waals surface area (Å²) in [6, 6.07) is 2.73. The van der Waals surface area contributed by atoms with Crippen LogP contribution in [0.4, 0.5) is 5.69 Å².